The third-order valence-electron chi connectivity index (χ3n) is 7.73. The van der Waals surface area contributed by atoms with Crippen LogP contribution in [0.25, 0.3) is 5.69 Å². The maximum absolute atomic E-state index is 14.1. The average Bonchev–Trinajstić information content (AvgIpc) is 3.34. The van der Waals surface area contributed by atoms with Crippen LogP contribution >= 0.6 is 34.8 Å². The second-order valence-corrected chi connectivity index (χ2v) is 11.9. The minimum Gasteiger partial charge on any atom is -0.439 e. The van der Waals surface area contributed by atoms with Crippen LogP contribution in [0.4, 0.5) is 0 Å². The van der Waals surface area contributed by atoms with Crippen molar-refractivity contribution in [3.63, 3.8) is 0 Å². The fourth-order valence-electron chi connectivity index (χ4n) is 4.99. The highest BCUT2D eigenvalue weighted by Gasteiger charge is 2.37. The number of carbonyl (C=O) groups is 1. The van der Waals surface area contributed by atoms with E-state index in [-0.39, 0.29) is 17.6 Å². The molecule has 0 spiro atoms. The van der Waals surface area contributed by atoms with Crippen LogP contribution in [-0.2, 0) is 12.1 Å². The third-order valence-corrected chi connectivity index (χ3v) is 8.52. The summed E-state index contributed by atoms with van der Waals surface area (Å²) in [5, 5.41) is 21.1. The molecule has 1 aliphatic heterocycles. The fraction of sp³-hybridized carbons (Fsp3) is 0.312. The monoisotopic (exact) mass is 626 g/mol. The number of hydrogen-bond donors (Lipinski definition) is 2. The number of likely N-dealkylation sites (tertiary alicyclic amines) is 1. The van der Waals surface area contributed by atoms with Gasteiger partial charge in [0.1, 0.15) is 5.75 Å². The van der Waals surface area contributed by atoms with Gasteiger partial charge in [0.05, 0.1) is 21.9 Å². The van der Waals surface area contributed by atoms with Gasteiger partial charge in [0.15, 0.2) is 5.69 Å². The lowest BCUT2D eigenvalue weighted by Gasteiger charge is -2.38. The highest BCUT2D eigenvalue weighted by atomic mass is 35.5. The Morgan fingerprint density at radius 2 is 1.69 bits per heavy atom. The van der Waals surface area contributed by atoms with Crippen molar-refractivity contribution in [1.82, 2.24) is 20.0 Å². The number of nitrogens with zero attached hydrogens (tertiary/aromatic N) is 3. The molecule has 10 heteroatoms. The Kier molecular flexibility index (Phi) is 9.45. The van der Waals surface area contributed by atoms with E-state index < -0.39 is 5.60 Å². The van der Waals surface area contributed by atoms with E-state index in [9.17, 15) is 9.90 Å². The Morgan fingerprint density at radius 3 is 2.33 bits per heavy atom. The zero-order chi connectivity index (χ0) is 29.9. The number of benzene rings is 3. The van der Waals surface area contributed by atoms with E-state index in [0.717, 1.165) is 12.0 Å². The largest absolute Gasteiger partial charge is 0.439 e. The van der Waals surface area contributed by atoms with Crippen molar-refractivity contribution in [2.45, 2.75) is 51.3 Å². The highest BCUT2D eigenvalue weighted by Crippen LogP contribution is 2.37. The van der Waals surface area contributed by atoms with Crippen molar-refractivity contribution >= 4 is 40.7 Å². The van der Waals surface area contributed by atoms with Crippen LogP contribution in [-0.4, -0.2) is 44.8 Å². The summed E-state index contributed by atoms with van der Waals surface area (Å²) in [5.74, 6) is 0.648. The Hall–Kier alpha value is -3.07. The van der Waals surface area contributed by atoms with Gasteiger partial charge in [0.25, 0.3) is 5.91 Å². The van der Waals surface area contributed by atoms with Crippen LogP contribution in [0.3, 0.4) is 0 Å². The van der Waals surface area contributed by atoms with E-state index in [2.05, 4.69) is 19.2 Å². The number of aromatic nitrogens is 2. The summed E-state index contributed by atoms with van der Waals surface area (Å²) in [6.45, 7) is 5.27. The van der Waals surface area contributed by atoms with E-state index in [0.29, 0.717) is 70.4 Å². The molecule has 1 fully saturated rings. The zero-order valence-corrected chi connectivity index (χ0v) is 25.8. The number of nitrogens with one attached hydrogen (secondary N) is 1. The topological polar surface area (TPSA) is 79.6 Å². The number of hydrogen-bond acceptors (Lipinski definition) is 5. The van der Waals surface area contributed by atoms with Gasteiger partial charge in [-0.05, 0) is 74.2 Å². The molecule has 0 radical (unpaired) electrons. The molecule has 0 bridgehead atoms. The van der Waals surface area contributed by atoms with E-state index in [1.807, 2.05) is 30.3 Å². The molecule has 3 aromatic carbocycles. The Labute approximate surface area is 261 Å². The predicted molar refractivity (Wildman–Crippen MR) is 167 cm³/mol. The molecule has 0 aliphatic carbocycles. The summed E-state index contributed by atoms with van der Waals surface area (Å²) >= 11 is 18.9. The van der Waals surface area contributed by atoms with Gasteiger partial charge >= 0.3 is 0 Å². The Morgan fingerprint density at radius 1 is 1.02 bits per heavy atom. The van der Waals surface area contributed by atoms with Crippen LogP contribution in [0.1, 0.15) is 54.7 Å². The lowest BCUT2D eigenvalue weighted by Crippen LogP contribution is -2.45. The number of carbonyl (C=O) groups excluding carboxylic acids is 1. The lowest BCUT2D eigenvalue weighted by atomic mass is 9.84. The van der Waals surface area contributed by atoms with Crippen molar-refractivity contribution in [2.24, 2.45) is 0 Å². The van der Waals surface area contributed by atoms with Gasteiger partial charge < -0.3 is 20.1 Å². The second kappa shape index (κ2) is 13.1. The summed E-state index contributed by atoms with van der Waals surface area (Å²) in [6.07, 6.45) is 1.74. The molecule has 5 rings (SSSR count). The molecule has 42 heavy (non-hydrogen) atoms. The van der Waals surface area contributed by atoms with Crippen LogP contribution in [0.2, 0.25) is 15.1 Å². The number of ether oxygens (including phenoxy) is 1. The van der Waals surface area contributed by atoms with Gasteiger partial charge in [0, 0.05) is 35.7 Å². The van der Waals surface area contributed by atoms with Crippen LogP contribution in [0.5, 0.6) is 11.6 Å². The predicted octanol–water partition coefficient (Wildman–Crippen LogP) is 7.64. The standard InChI is InChI=1S/C32H33Cl3N4O3/c1-3-21(2)36-20-26-29(30(40)38-17-15-32(41,16-18-38)22-7-5-4-6-8-22)37-39(28-14-11-24(34)19-27(28)35)31(26)42-25-12-9-23(33)10-13-25/h4-14,19,21,36,41H,3,15-18,20H2,1-2H3. The lowest BCUT2D eigenvalue weighted by molar-refractivity contribution is -0.0213. The SMILES string of the molecule is CCC(C)NCc1c(C(=O)N2CCC(O)(c3ccccc3)CC2)nn(-c2ccc(Cl)cc2Cl)c1Oc1ccc(Cl)cc1. The molecule has 1 saturated heterocycles. The van der Waals surface area contributed by atoms with E-state index >= 15 is 0 Å². The quantitative estimate of drug-likeness (QED) is 0.199. The van der Waals surface area contributed by atoms with Crippen LogP contribution < -0.4 is 10.1 Å². The smallest absolute Gasteiger partial charge is 0.274 e. The van der Waals surface area contributed by atoms with Crippen molar-refractivity contribution in [3.05, 3.63) is 105 Å². The molecule has 1 aromatic heterocycles. The minimum atomic E-state index is -0.988. The van der Waals surface area contributed by atoms with Crippen molar-refractivity contribution in [3.8, 4) is 17.3 Å². The van der Waals surface area contributed by atoms with Crippen molar-refractivity contribution < 1.29 is 14.6 Å². The van der Waals surface area contributed by atoms with Crippen molar-refractivity contribution in [1.29, 1.82) is 0 Å². The third kappa shape index (κ3) is 6.61. The molecule has 1 atom stereocenters. The van der Waals surface area contributed by atoms with E-state index in [4.69, 9.17) is 44.6 Å². The number of rotatable bonds is 9. The Balaban J connectivity index is 1.55. The van der Waals surface area contributed by atoms with Gasteiger partial charge in [0.2, 0.25) is 5.88 Å². The zero-order valence-electron chi connectivity index (χ0n) is 23.5. The second-order valence-electron chi connectivity index (χ2n) is 10.6. The first-order valence-electron chi connectivity index (χ1n) is 14.0. The molecule has 4 aromatic rings. The minimum absolute atomic E-state index is 0.190. The first-order chi connectivity index (χ1) is 20.2. The maximum Gasteiger partial charge on any atom is 0.274 e. The number of piperidine rings is 1. The number of amides is 1. The summed E-state index contributed by atoms with van der Waals surface area (Å²) in [5.41, 5.74) is 1.25. The summed E-state index contributed by atoms with van der Waals surface area (Å²) in [6, 6.07) is 21.9. The molecule has 2 N–H and O–H groups in total. The average molecular weight is 628 g/mol. The van der Waals surface area contributed by atoms with E-state index in [1.165, 1.54) is 0 Å². The summed E-state index contributed by atoms with van der Waals surface area (Å²) in [7, 11) is 0. The molecule has 2 heterocycles. The molecule has 0 saturated carbocycles. The molecular weight excluding hydrogens is 595 g/mol. The van der Waals surface area contributed by atoms with Gasteiger partial charge in [-0.3, -0.25) is 4.79 Å². The first kappa shape index (κ1) is 30.4. The molecule has 1 aliphatic rings. The molecule has 220 valence electrons. The van der Waals surface area contributed by atoms with Crippen LogP contribution in [0.15, 0.2) is 72.8 Å². The van der Waals surface area contributed by atoms with Crippen molar-refractivity contribution in [2.75, 3.05) is 13.1 Å². The van der Waals surface area contributed by atoms with Gasteiger partial charge in [-0.1, -0.05) is 72.1 Å². The fourth-order valence-corrected chi connectivity index (χ4v) is 5.60. The van der Waals surface area contributed by atoms with E-state index in [1.54, 1.807) is 52.0 Å². The first-order valence-corrected chi connectivity index (χ1v) is 15.1. The van der Waals surface area contributed by atoms with Gasteiger partial charge in [-0.25, -0.2) is 0 Å². The summed E-state index contributed by atoms with van der Waals surface area (Å²) < 4.78 is 7.96. The maximum atomic E-state index is 14.1. The van der Waals surface area contributed by atoms with Gasteiger partial charge in [-0.2, -0.15) is 9.78 Å². The normalized spacial score (nSPS) is 15.4. The van der Waals surface area contributed by atoms with Gasteiger partial charge in [-0.15, -0.1) is 0 Å². The molecular formula is C32H33Cl3N4O3. The highest BCUT2D eigenvalue weighted by molar-refractivity contribution is 6.35. The number of aliphatic hydroxyl groups is 1. The molecule has 1 amide bonds. The van der Waals surface area contributed by atoms with Crippen LogP contribution in [0, 0.1) is 0 Å². The molecule has 1 unspecified atom stereocenters. The summed E-state index contributed by atoms with van der Waals surface area (Å²) in [4.78, 5) is 15.9. The Bertz CT molecular complexity index is 1530. The molecule has 7 nitrogen and oxygen atoms in total. The number of halogens is 3.